The van der Waals surface area contributed by atoms with Crippen molar-refractivity contribution in [3.8, 4) is 5.75 Å². The molecule has 0 spiro atoms. The molecule has 0 aliphatic rings. The first-order valence-electron chi connectivity index (χ1n) is 8.77. The van der Waals surface area contributed by atoms with Crippen LogP contribution in [0.4, 0.5) is 5.69 Å². The quantitative estimate of drug-likeness (QED) is 0.688. The molecule has 0 radical (unpaired) electrons. The van der Waals surface area contributed by atoms with Crippen molar-refractivity contribution in [2.24, 2.45) is 0 Å². The predicted octanol–water partition coefficient (Wildman–Crippen LogP) is 4.53. The summed E-state index contributed by atoms with van der Waals surface area (Å²) in [6, 6.07) is 21.8. The molecule has 0 saturated carbocycles. The zero-order valence-corrected chi connectivity index (χ0v) is 15.3. The Morgan fingerprint density at radius 1 is 0.923 bits per heavy atom. The minimum Gasteiger partial charge on any atom is -0.495 e. The third-order valence-corrected chi connectivity index (χ3v) is 4.53. The number of methoxy groups -OCH3 is 1. The van der Waals surface area contributed by atoms with Crippen LogP contribution >= 0.6 is 0 Å². The normalized spacial score (nSPS) is 13.2. The van der Waals surface area contributed by atoms with Gasteiger partial charge in [0.25, 0.3) is 0 Å². The number of hydrogen-bond acceptors (Lipinski definition) is 3. The summed E-state index contributed by atoms with van der Waals surface area (Å²) in [7, 11) is 1.59. The molecular weight excluding hydrogens is 324 g/mol. The summed E-state index contributed by atoms with van der Waals surface area (Å²) in [4.78, 5) is 12.5. The molecule has 0 aliphatic carbocycles. The maximum atomic E-state index is 12.5. The minimum atomic E-state index is -0.346. The highest BCUT2D eigenvalue weighted by molar-refractivity contribution is 5.95. The fourth-order valence-electron chi connectivity index (χ4n) is 3.01. The zero-order valence-electron chi connectivity index (χ0n) is 15.3. The first kappa shape index (κ1) is 18.0. The number of benzene rings is 3. The summed E-state index contributed by atoms with van der Waals surface area (Å²) in [6.07, 6.45) is 0. The van der Waals surface area contributed by atoms with Gasteiger partial charge in [0.1, 0.15) is 5.75 Å². The van der Waals surface area contributed by atoms with Gasteiger partial charge in [0, 0.05) is 6.04 Å². The van der Waals surface area contributed by atoms with Gasteiger partial charge in [0.2, 0.25) is 5.91 Å². The first-order valence-corrected chi connectivity index (χ1v) is 8.77. The number of anilines is 1. The van der Waals surface area contributed by atoms with Crippen molar-refractivity contribution in [3.63, 3.8) is 0 Å². The van der Waals surface area contributed by atoms with E-state index in [1.165, 1.54) is 10.8 Å². The molecule has 0 fully saturated rings. The van der Waals surface area contributed by atoms with E-state index >= 15 is 0 Å². The predicted molar refractivity (Wildman–Crippen MR) is 107 cm³/mol. The molecule has 1 amide bonds. The Morgan fingerprint density at radius 3 is 2.38 bits per heavy atom. The Hall–Kier alpha value is -2.85. The highest BCUT2D eigenvalue weighted by Crippen LogP contribution is 2.24. The number of ether oxygens (including phenoxy) is 1. The van der Waals surface area contributed by atoms with Crippen LogP contribution in [0.25, 0.3) is 10.8 Å². The van der Waals surface area contributed by atoms with Crippen molar-refractivity contribution in [1.82, 2.24) is 5.32 Å². The number of nitrogens with one attached hydrogen (secondary N) is 2. The van der Waals surface area contributed by atoms with E-state index in [-0.39, 0.29) is 18.0 Å². The van der Waals surface area contributed by atoms with E-state index in [0.717, 1.165) is 5.56 Å². The fourth-order valence-corrected chi connectivity index (χ4v) is 3.01. The van der Waals surface area contributed by atoms with Crippen LogP contribution in [0, 0.1) is 0 Å². The Balaban J connectivity index is 1.67. The van der Waals surface area contributed by atoms with E-state index in [0.29, 0.717) is 11.4 Å². The van der Waals surface area contributed by atoms with Crippen LogP contribution in [-0.2, 0) is 4.79 Å². The highest BCUT2D eigenvalue weighted by atomic mass is 16.5. The number of rotatable bonds is 6. The Bertz CT molecular complexity index is 907. The van der Waals surface area contributed by atoms with Gasteiger partial charge in [-0.25, -0.2) is 0 Å². The van der Waals surface area contributed by atoms with Crippen LogP contribution in [0.5, 0.6) is 5.75 Å². The summed E-state index contributed by atoms with van der Waals surface area (Å²) in [5.41, 5.74) is 1.83. The Labute approximate surface area is 154 Å². The fraction of sp³-hybridized carbons (Fsp3) is 0.227. The monoisotopic (exact) mass is 348 g/mol. The van der Waals surface area contributed by atoms with Gasteiger partial charge in [-0.1, -0.05) is 48.5 Å². The number of para-hydroxylation sites is 2. The molecule has 3 rings (SSSR count). The zero-order chi connectivity index (χ0) is 18.5. The molecule has 4 nitrogen and oxygen atoms in total. The lowest BCUT2D eigenvalue weighted by Crippen LogP contribution is -2.39. The van der Waals surface area contributed by atoms with Crippen molar-refractivity contribution >= 4 is 22.4 Å². The summed E-state index contributed by atoms with van der Waals surface area (Å²) >= 11 is 0. The largest absolute Gasteiger partial charge is 0.495 e. The van der Waals surface area contributed by atoms with Crippen LogP contribution in [0.15, 0.2) is 66.7 Å². The summed E-state index contributed by atoms with van der Waals surface area (Å²) in [6.45, 7) is 3.93. The second-order valence-corrected chi connectivity index (χ2v) is 6.41. The average Bonchev–Trinajstić information content (AvgIpc) is 2.67. The van der Waals surface area contributed by atoms with Crippen LogP contribution in [-0.4, -0.2) is 19.1 Å². The number of amides is 1. The average molecular weight is 348 g/mol. The number of fused-ring (bicyclic) bond motifs is 1. The van der Waals surface area contributed by atoms with Crippen molar-refractivity contribution in [2.75, 3.05) is 12.4 Å². The molecule has 26 heavy (non-hydrogen) atoms. The van der Waals surface area contributed by atoms with E-state index in [9.17, 15) is 4.79 Å². The van der Waals surface area contributed by atoms with Crippen molar-refractivity contribution in [1.29, 1.82) is 0 Å². The standard InChI is InChI=1S/C22H24N2O2/c1-15(18-13-12-17-8-4-5-9-19(17)14-18)23-16(2)22(25)24-20-10-6-7-11-21(20)26-3/h4-16,23H,1-3H3,(H,24,25). The molecule has 0 aliphatic heterocycles. The number of carbonyl (C=O) groups is 1. The molecule has 134 valence electrons. The van der Waals surface area contributed by atoms with Crippen molar-refractivity contribution in [2.45, 2.75) is 25.9 Å². The SMILES string of the molecule is COc1ccccc1NC(=O)C(C)NC(C)c1ccc2ccccc2c1. The molecule has 4 heteroatoms. The minimum absolute atomic E-state index is 0.0537. The third kappa shape index (κ3) is 4.03. The lowest BCUT2D eigenvalue weighted by Gasteiger charge is -2.21. The van der Waals surface area contributed by atoms with Gasteiger partial charge in [0.15, 0.2) is 0 Å². The van der Waals surface area contributed by atoms with E-state index in [1.54, 1.807) is 7.11 Å². The van der Waals surface area contributed by atoms with Crippen LogP contribution < -0.4 is 15.4 Å². The van der Waals surface area contributed by atoms with Gasteiger partial charge in [-0.3, -0.25) is 10.1 Å². The molecule has 2 unspecified atom stereocenters. The van der Waals surface area contributed by atoms with Gasteiger partial charge < -0.3 is 10.1 Å². The van der Waals surface area contributed by atoms with E-state index < -0.39 is 0 Å². The van der Waals surface area contributed by atoms with E-state index in [2.05, 4.69) is 47.9 Å². The highest BCUT2D eigenvalue weighted by Gasteiger charge is 2.17. The van der Waals surface area contributed by atoms with E-state index in [1.807, 2.05) is 43.3 Å². The summed E-state index contributed by atoms with van der Waals surface area (Å²) in [5.74, 6) is 0.553. The van der Waals surface area contributed by atoms with Crippen molar-refractivity contribution < 1.29 is 9.53 Å². The molecule has 3 aromatic rings. The number of hydrogen-bond donors (Lipinski definition) is 2. The smallest absolute Gasteiger partial charge is 0.241 e. The van der Waals surface area contributed by atoms with Gasteiger partial charge in [-0.05, 0) is 48.4 Å². The topological polar surface area (TPSA) is 50.4 Å². The van der Waals surface area contributed by atoms with Crippen LogP contribution in [0.1, 0.15) is 25.5 Å². The molecule has 2 atom stereocenters. The molecule has 0 heterocycles. The van der Waals surface area contributed by atoms with Gasteiger partial charge >= 0.3 is 0 Å². The maximum Gasteiger partial charge on any atom is 0.241 e. The van der Waals surface area contributed by atoms with Crippen LogP contribution in [0.3, 0.4) is 0 Å². The molecular formula is C22H24N2O2. The lowest BCUT2D eigenvalue weighted by atomic mass is 10.0. The van der Waals surface area contributed by atoms with Crippen molar-refractivity contribution in [3.05, 3.63) is 72.3 Å². The summed E-state index contributed by atoms with van der Waals surface area (Å²) in [5, 5.41) is 8.70. The molecule has 2 N–H and O–H groups in total. The number of carbonyl (C=O) groups excluding carboxylic acids is 1. The lowest BCUT2D eigenvalue weighted by molar-refractivity contribution is -0.117. The van der Waals surface area contributed by atoms with Gasteiger partial charge in [-0.15, -0.1) is 0 Å². The van der Waals surface area contributed by atoms with Gasteiger partial charge in [-0.2, -0.15) is 0 Å². The van der Waals surface area contributed by atoms with Gasteiger partial charge in [0.05, 0.1) is 18.8 Å². The summed E-state index contributed by atoms with van der Waals surface area (Å²) < 4.78 is 5.28. The Morgan fingerprint density at radius 2 is 1.62 bits per heavy atom. The molecule has 0 saturated heterocycles. The second kappa shape index (κ2) is 8.02. The Kier molecular flexibility index (Phi) is 5.54. The second-order valence-electron chi connectivity index (χ2n) is 6.41. The maximum absolute atomic E-state index is 12.5. The third-order valence-electron chi connectivity index (χ3n) is 4.53. The molecule has 0 bridgehead atoms. The molecule has 0 aromatic heterocycles. The van der Waals surface area contributed by atoms with Crippen LogP contribution in [0.2, 0.25) is 0 Å². The first-order chi connectivity index (χ1) is 12.6. The van der Waals surface area contributed by atoms with E-state index in [4.69, 9.17) is 4.74 Å². The molecule has 3 aromatic carbocycles.